The number of carbonyl (C=O) groups excluding carboxylic acids is 1. The molecule has 2 aliphatic rings. The maximum absolute atomic E-state index is 12.7. The number of para-hydroxylation sites is 1. The Labute approximate surface area is 158 Å². The number of hydrogen-bond acceptors (Lipinski definition) is 3. The summed E-state index contributed by atoms with van der Waals surface area (Å²) in [4.78, 5) is 12.7. The molecular formula is C23H22N2O2. The predicted molar refractivity (Wildman–Crippen MR) is 104 cm³/mol. The number of amides is 1. The van der Waals surface area contributed by atoms with Crippen LogP contribution in [0.3, 0.4) is 0 Å². The summed E-state index contributed by atoms with van der Waals surface area (Å²) in [6.45, 7) is 0. The lowest BCUT2D eigenvalue weighted by molar-refractivity contribution is -0.126. The first kappa shape index (κ1) is 16.4. The van der Waals surface area contributed by atoms with Gasteiger partial charge in [0.2, 0.25) is 5.91 Å². The lowest BCUT2D eigenvalue weighted by atomic mass is 9.88. The van der Waals surface area contributed by atoms with Crippen LogP contribution in [0.5, 0.6) is 0 Å². The highest BCUT2D eigenvalue weighted by Crippen LogP contribution is 2.48. The summed E-state index contributed by atoms with van der Waals surface area (Å²) in [7, 11) is 0. The van der Waals surface area contributed by atoms with Crippen molar-refractivity contribution in [2.45, 2.75) is 38.1 Å². The Hall–Kier alpha value is -2.80. The summed E-state index contributed by atoms with van der Waals surface area (Å²) >= 11 is 0. The minimum Gasteiger partial charge on any atom is -0.456 e. The van der Waals surface area contributed by atoms with Crippen LogP contribution in [0.1, 0.15) is 31.2 Å². The number of benzene rings is 2. The Kier molecular flexibility index (Phi) is 3.89. The fraction of sp³-hybridized carbons (Fsp3) is 0.391. The molecule has 4 nitrogen and oxygen atoms in total. The summed E-state index contributed by atoms with van der Waals surface area (Å²) in [5.41, 5.74) is 2.75. The van der Waals surface area contributed by atoms with Crippen LogP contribution in [0.2, 0.25) is 0 Å². The van der Waals surface area contributed by atoms with E-state index < -0.39 is 6.04 Å². The molecule has 1 amide bonds. The Balaban J connectivity index is 1.34. The Morgan fingerprint density at radius 2 is 2.00 bits per heavy atom. The van der Waals surface area contributed by atoms with E-state index in [4.69, 9.17) is 4.42 Å². The molecule has 0 saturated heterocycles. The summed E-state index contributed by atoms with van der Waals surface area (Å²) in [5, 5.41) is 14.7. The average Bonchev–Trinajstić information content (AvgIpc) is 3.41. The Morgan fingerprint density at radius 3 is 2.78 bits per heavy atom. The third-order valence-electron chi connectivity index (χ3n) is 6.43. The zero-order chi connectivity index (χ0) is 18.4. The average molecular weight is 358 g/mol. The van der Waals surface area contributed by atoms with Gasteiger partial charge in [-0.25, -0.2) is 0 Å². The van der Waals surface area contributed by atoms with Crippen LogP contribution in [-0.4, -0.2) is 11.9 Å². The van der Waals surface area contributed by atoms with Crippen LogP contribution in [0.4, 0.5) is 0 Å². The van der Waals surface area contributed by atoms with E-state index in [0.29, 0.717) is 12.3 Å². The molecule has 4 heteroatoms. The standard InChI is InChI=1S/C23H22N2O2/c24-13-17(25-23(26)19-11-14-5-7-16(19)9-14)10-15-6-8-22-20(12-15)18-3-1-2-4-21(18)27-22/h1-4,6,8,12,14,16-17,19H,5,7,9-11H2,(H,25,26)/t14-,16+,17?,19?/m1/s1. The third kappa shape index (κ3) is 2.88. The minimum absolute atomic E-state index is 0.0728. The Morgan fingerprint density at radius 1 is 1.15 bits per heavy atom. The highest BCUT2D eigenvalue weighted by atomic mass is 16.3. The van der Waals surface area contributed by atoms with E-state index in [2.05, 4.69) is 17.5 Å². The number of hydrogen-bond donors (Lipinski definition) is 1. The number of carbonyl (C=O) groups is 1. The molecule has 2 bridgehead atoms. The monoisotopic (exact) mass is 358 g/mol. The predicted octanol–water partition coefficient (Wildman–Crippen LogP) is 4.57. The molecule has 0 spiro atoms. The largest absolute Gasteiger partial charge is 0.456 e. The molecule has 0 radical (unpaired) electrons. The van der Waals surface area contributed by atoms with Crippen LogP contribution in [0.25, 0.3) is 21.9 Å². The first-order chi connectivity index (χ1) is 13.2. The fourth-order valence-corrected chi connectivity index (χ4v) is 5.11. The van der Waals surface area contributed by atoms with Crippen molar-refractivity contribution < 1.29 is 9.21 Å². The van der Waals surface area contributed by atoms with Gasteiger partial charge in [0.1, 0.15) is 17.2 Å². The molecule has 2 unspecified atom stereocenters. The van der Waals surface area contributed by atoms with Gasteiger partial charge in [-0.1, -0.05) is 30.7 Å². The van der Waals surface area contributed by atoms with Crippen LogP contribution in [-0.2, 0) is 11.2 Å². The Bertz CT molecular complexity index is 1060. The molecule has 2 aliphatic carbocycles. The quantitative estimate of drug-likeness (QED) is 0.743. The molecule has 1 aromatic heterocycles. The van der Waals surface area contributed by atoms with Crippen LogP contribution in [0.15, 0.2) is 46.9 Å². The molecule has 1 N–H and O–H groups in total. The van der Waals surface area contributed by atoms with Crippen LogP contribution >= 0.6 is 0 Å². The van der Waals surface area contributed by atoms with E-state index in [9.17, 15) is 10.1 Å². The zero-order valence-electron chi connectivity index (χ0n) is 15.2. The number of fused-ring (bicyclic) bond motifs is 5. The van der Waals surface area contributed by atoms with Gasteiger partial charge in [0.05, 0.1) is 6.07 Å². The maximum Gasteiger partial charge on any atom is 0.224 e. The molecule has 2 aromatic carbocycles. The summed E-state index contributed by atoms with van der Waals surface area (Å²) in [5.74, 6) is 1.44. The second-order valence-corrected chi connectivity index (χ2v) is 8.10. The van der Waals surface area contributed by atoms with E-state index in [1.54, 1.807) is 0 Å². The van der Waals surface area contributed by atoms with Crippen molar-refractivity contribution in [2.75, 3.05) is 0 Å². The van der Waals surface area contributed by atoms with E-state index in [0.717, 1.165) is 39.8 Å². The molecular weight excluding hydrogens is 336 g/mol. The van der Waals surface area contributed by atoms with Gasteiger partial charge >= 0.3 is 0 Å². The fourth-order valence-electron chi connectivity index (χ4n) is 5.11. The molecule has 3 aromatic rings. The maximum atomic E-state index is 12.7. The van der Waals surface area contributed by atoms with E-state index in [-0.39, 0.29) is 11.8 Å². The molecule has 2 saturated carbocycles. The molecule has 1 heterocycles. The molecule has 5 rings (SSSR count). The van der Waals surface area contributed by atoms with E-state index >= 15 is 0 Å². The van der Waals surface area contributed by atoms with Gasteiger partial charge in [-0.05, 0) is 54.9 Å². The highest BCUT2D eigenvalue weighted by Gasteiger charge is 2.43. The minimum atomic E-state index is -0.493. The van der Waals surface area contributed by atoms with Gasteiger partial charge in [-0.3, -0.25) is 4.79 Å². The summed E-state index contributed by atoms with van der Waals surface area (Å²) in [6, 6.07) is 15.8. The highest BCUT2D eigenvalue weighted by molar-refractivity contribution is 6.05. The third-order valence-corrected chi connectivity index (χ3v) is 6.43. The number of nitrogens with zero attached hydrogens (tertiary/aromatic N) is 1. The first-order valence-corrected chi connectivity index (χ1v) is 9.81. The molecule has 0 aliphatic heterocycles. The van der Waals surface area contributed by atoms with Gasteiger partial charge in [-0.2, -0.15) is 5.26 Å². The smallest absolute Gasteiger partial charge is 0.224 e. The number of nitriles is 1. The second-order valence-electron chi connectivity index (χ2n) is 8.10. The lowest BCUT2D eigenvalue weighted by Gasteiger charge is -2.22. The number of nitrogens with one attached hydrogen (secondary N) is 1. The van der Waals surface area contributed by atoms with Gasteiger partial charge < -0.3 is 9.73 Å². The zero-order valence-corrected chi connectivity index (χ0v) is 15.2. The number of furan rings is 1. The van der Waals surface area contributed by atoms with Crippen LogP contribution in [0, 0.1) is 29.1 Å². The first-order valence-electron chi connectivity index (χ1n) is 9.81. The molecule has 4 atom stereocenters. The van der Waals surface area contributed by atoms with E-state index in [1.165, 1.54) is 19.3 Å². The molecule has 27 heavy (non-hydrogen) atoms. The van der Waals surface area contributed by atoms with Crippen molar-refractivity contribution in [1.82, 2.24) is 5.32 Å². The second kappa shape index (κ2) is 6.42. The topological polar surface area (TPSA) is 66.0 Å². The van der Waals surface area contributed by atoms with Crippen molar-refractivity contribution in [3.8, 4) is 6.07 Å². The van der Waals surface area contributed by atoms with Crippen molar-refractivity contribution in [1.29, 1.82) is 5.26 Å². The van der Waals surface area contributed by atoms with Crippen molar-refractivity contribution >= 4 is 27.8 Å². The van der Waals surface area contributed by atoms with Gasteiger partial charge in [0, 0.05) is 23.1 Å². The van der Waals surface area contributed by atoms with Gasteiger partial charge in [-0.15, -0.1) is 0 Å². The van der Waals surface area contributed by atoms with Gasteiger partial charge in [0.25, 0.3) is 0 Å². The lowest BCUT2D eigenvalue weighted by Crippen LogP contribution is -2.40. The van der Waals surface area contributed by atoms with E-state index in [1.807, 2.05) is 36.4 Å². The molecule has 2 fully saturated rings. The normalized spacial score (nSPS) is 24.9. The van der Waals surface area contributed by atoms with Crippen molar-refractivity contribution in [3.63, 3.8) is 0 Å². The SMILES string of the molecule is N#CC(Cc1ccc2oc3ccccc3c2c1)NC(=O)C1C[C@@H]2CC[C@H]1C2. The number of rotatable bonds is 4. The van der Waals surface area contributed by atoms with Crippen LogP contribution < -0.4 is 5.32 Å². The van der Waals surface area contributed by atoms with Gasteiger partial charge in [0.15, 0.2) is 0 Å². The summed E-state index contributed by atoms with van der Waals surface area (Å²) in [6.07, 6.45) is 5.15. The van der Waals surface area contributed by atoms with Crippen molar-refractivity contribution in [3.05, 3.63) is 48.0 Å². The molecule has 136 valence electrons. The van der Waals surface area contributed by atoms with Crippen molar-refractivity contribution in [2.24, 2.45) is 17.8 Å². The summed E-state index contributed by atoms with van der Waals surface area (Å²) < 4.78 is 5.86.